The molecule has 3 heterocycles. The highest BCUT2D eigenvalue weighted by molar-refractivity contribution is 7.21. The van der Waals surface area contributed by atoms with Crippen LogP contribution in [0.25, 0.3) is 20.9 Å². The number of likely N-dealkylation sites (tertiary alicyclic amines) is 1. The smallest absolute Gasteiger partial charge is 0.227 e. The number of aromatic nitrogens is 2. The summed E-state index contributed by atoms with van der Waals surface area (Å²) in [5, 5.41) is 3.97. The molecule has 1 N–H and O–H groups in total. The van der Waals surface area contributed by atoms with Crippen LogP contribution >= 0.6 is 11.3 Å². The van der Waals surface area contributed by atoms with Crippen LogP contribution in [0.15, 0.2) is 36.5 Å². The number of hydrogen-bond donors (Lipinski definition) is 1. The number of thiazole rings is 1. The summed E-state index contributed by atoms with van der Waals surface area (Å²) >= 11 is 1.54. The number of amides is 2. The Morgan fingerprint density at radius 2 is 2.00 bits per heavy atom. The van der Waals surface area contributed by atoms with Crippen molar-refractivity contribution in [2.45, 2.75) is 26.7 Å². The van der Waals surface area contributed by atoms with E-state index in [1.54, 1.807) is 29.4 Å². The van der Waals surface area contributed by atoms with Crippen LogP contribution in [0.2, 0.25) is 0 Å². The van der Waals surface area contributed by atoms with Gasteiger partial charge in [-0.2, -0.15) is 0 Å². The molecule has 4 rings (SSSR count). The van der Waals surface area contributed by atoms with E-state index in [9.17, 15) is 9.59 Å². The van der Waals surface area contributed by atoms with Gasteiger partial charge in [0, 0.05) is 43.4 Å². The molecule has 2 amide bonds. The number of nitrogens with one attached hydrogen (secondary N) is 1. The fourth-order valence-corrected chi connectivity index (χ4v) is 4.38. The van der Waals surface area contributed by atoms with E-state index in [-0.39, 0.29) is 17.7 Å². The normalized spacial score (nSPS) is 15.0. The average molecular weight is 395 g/mol. The Morgan fingerprint density at radius 3 is 2.71 bits per heavy atom. The van der Waals surface area contributed by atoms with Gasteiger partial charge in [0.15, 0.2) is 0 Å². The van der Waals surface area contributed by atoms with Crippen LogP contribution in [0.5, 0.6) is 0 Å². The fourth-order valence-electron chi connectivity index (χ4n) is 3.47. The topological polar surface area (TPSA) is 75.2 Å². The van der Waals surface area contributed by atoms with Crippen LogP contribution in [0.4, 0.5) is 5.69 Å². The van der Waals surface area contributed by atoms with Crippen LogP contribution in [0.1, 0.15) is 25.3 Å². The van der Waals surface area contributed by atoms with Crippen LogP contribution in [-0.2, 0) is 9.59 Å². The standard InChI is InChI=1S/C21H22N4O2S/c1-13-5-6-16(20-24-17-4-3-9-22-21(17)28-20)12-18(13)23-19(27)15-7-10-25(11-8-15)14(2)26/h3-6,9,12,15H,7-8,10-11H2,1-2H3,(H,23,27). The number of benzene rings is 1. The first-order valence-electron chi connectivity index (χ1n) is 9.40. The highest BCUT2D eigenvalue weighted by Gasteiger charge is 2.26. The zero-order chi connectivity index (χ0) is 19.7. The van der Waals surface area contributed by atoms with Gasteiger partial charge < -0.3 is 10.2 Å². The largest absolute Gasteiger partial charge is 0.343 e. The van der Waals surface area contributed by atoms with Crippen LogP contribution in [0.3, 0.4) is 0 Å². The molecule has 7 heteroatoms. The Labute approximate surface area is 167 Å². The fraction of sp³-hybridized carbons (Fsp3) is 0.333. The van der Waals surface area contributed by atoms with E-state index in [2.05, 4.69) is 15.3 Å². The summed E-state index contributed by atoms with van der Waals surface area (Å²) in [5.41, 5.74) is 3.67. The SMILES string of the molecule is CC(=O)N1CCC(C(=O)Nc2cc(-c3nc4cccnc4s3)ccc2C)CC1. The Hall–Kier alpha value is -2.80. The van der Waals surface area contributed by atoms with Gasteiger partial charge in [-0.15, -0.1) is 0 Å². The summed E-state index contributed by atoms with van der Waals surface area (Å²) in [5.74, 6) is 0.0347. The predicted molar refractivity (Wildman–Crippen MR) is 111 cm³/mol. The molecule has 1 aliphatic heterocycles. The lowest BCUT2D eigenvalue weighted by Crippen LogP contribution is -2.40. The molecule has 1 fully saturated rings. The van der Waals surface area contributed by atoms with Crippen molar-refractivity contribution >= 4 is 39.2 Å². The molecule has 3 aromatic rings. The third kappa shape index (κ3) is 3.75. The molecular formula is C21H22N4O2S. The molecule has 6 nitrogen and oxygen atoms in total. The minimum atomic E-state index is -0.0645. The van der Waals surface area contributed by atoms with Crippen molar-refractivity contribution in [1.29, 1.82) is 0 Å². The monoisotopic (exact) mass is 394 g/mol. The maximum Gasteiger partial charge on any atom is 0.227 e. The molecule has 28 heavy (non-hydrogen) atoms. The molecule has 1 aliphatic rings. The van der Waals surface area contributed by atoms with Gasteiger partial charge >= 0.3 is 0 Å². The molecular weight excluding hydrogens is 372 g/mol. The van der Waals surface area contributed by atoms with E-state index in [1.807, 2.05) is 37.3 Å². The predicted octanol–water partition coefficient (Wildman–Crippen LogP) is 3.86. The first kappa shape index (κ1) is 18.6. The molecule has 0 aliphatic carbocycles. The van der Waals surface area contributed by atoms with Gasteiger partial charge in [-0.25, -0.2) is 9.97 Å². The van der Waals surface area contributed by atoms with Gasteiger partial charge in [0.05, 0.1) is 0 Å². The van der Waals surface area contributed by atoms with Crippen molar-refractivity contribution in [2.24, 2.45) is 5.92 Å². The number of anilines is 1. The summed E-state index contributed by atoms with van der Waals surface area (Å²) in [7, 11) is 0. The van der Waals surface area contributed by atoms with Gasteiger partial charge in [0.1, 0.15) is 15.4 Å². The number of pyridine rings is 1. The van der Waals surface area contributed by atoms with E-state index in [1.165, 1.54) is 0 Å². The van der Waals surface area contributed by atoms with E-state index < -0.39 is 0 Å². The number of carbonyl (C=O) groups is 2. The van der Waals surface area contributed by atoms with Gasteiger partial charge in [-0.3, -0.25) is 9.59 Å². The number of nitrogens with zero attached hydrogens (tertiary/aromatic N) is 3. The van der Waals surface area contributed by atoms with Gasteiger partial charge in [0.25, 0.3) is 0 Å². The van der Waals surface area contributed by atoms with Crippen molar-refractivity contribution in [3.63, 3.8) is 0 Å². The van der Waals surface area contributed by atoms with E-state index in [0.29, 0.717) is 25.9 Å². The summed E-state index contributed by atoms with van der Waals surface area (Å²) < 4.78 is 0. The van der Waals surface area contributed by atoms with Crippen molar-refractivity contribution in [3.05, 3.63) is 42.1 Å². The molecule has 2 aromatic heterocycles. The zero-order valence-corrected chi connectivity index (χ0v) is 16.8. The third-order valence-electron chi connectivity index (χ3n) is 5.22. The Morgan fingerprint density at radius 1 is 1.21 bits per heavy atom. The third-order valence-corrected chi connectivity index (χ3v) is 6.25. The highest BCUT2D eigenvalue weighted by atomic mass is 32.1. The van der Waals surface area contributed by atoms with Crippen molar-refractivity contribution < 1.29 is 9.59 Å². The maximum absolute atomic E-state index is 12.7. The zero-order valence-electron chi connectivity index (χ0n) is 15.9. The minimum absolute atomic E-state index is 0.0226. The molecule has 0 saturated carbocycles. The Kier molecular flexibility index (Phi) is 5.09. The van der Waals surface area contributed by atoms with Crippen LogP contribution in [0, 0.1) is 12.8 Å². The lowest BCUT2D eigenvalue weighted by molar-refractivity contribution is -0.132. The van der Waals surface area contributed by atoms with E-state index in [0.717, 1.165) is 32.2 Å². The minimum Gasteiger partial charge on any atom is -0.343 e. The second-order valence-electron chi connectivity index (χ2n) is 7.15. The summed E-state index contributed by atoms with van der Waals surface area (Å²) in [4.78, 5) is 35.9. The second-order valence-corrected chi connectivity index (χ2v) is 8.12. The number of rotatable bonds is 3. The average Bonchev–Trinajstić information content (AvgIpc) is 3.14. The Bertz CT molecular complexity index is 1000. The number of hydrogen-bond acceptors (Lipinski definition) is 5. The van der Waals surface area contributed by atoms with Gasteiger partial charge in [-0.05, 0) is 43.5 Å². The molecule has 1 saturated heterocycles. The Balaban J connectivity index is 1.51. The molecule has 0 bridgehead atoms. The molecule has 0 spiro atoms. The highest BCUT2D eigenvalue weighted by Crippen LogP contribution is 2.31. The van der Waals surface area contributed by atoms with Gasteiger partial charge in [-0.1, -0.05) is 23.5 Å². The van der Waals surface area contributed by atoms with Gasteiger partial charge in [0.2, 0.25) is 11.8 Å². The lowest BCUT2D eigenvalue weighted by Gasteiger charge is -2.30. The molecule has 0 atom stereocenters. The quantitative estimate of drug-likeness (QED) is 0.732. The molecule has 0 radical (unpaired) electrons. The first-order chi connectivity index (χ1) is 13.5. The van der Waals surface area contributed by atoms with Crippen molar-refractivity contribution in [1.82, 2.24) is 14.9 Å². The number of piperidine rings is 1. The summed E-state index contributed by atoms with van der Waals surface area (Å²) in [6, 6.07) is 9.84. The van der Waals surface area contributed by atoms with E-state index >= 15 is 0 Å². The summed E-state index contributed by atoms with van der Waals surface area (Å²) in [6.45, 7) is 4.85. The number of aryl methyl sites for hydroxylation is 1. The van der Waals surface area contributed by atoms with Crippen molar-refractivity contribution in [2.75, 3.05) is 18.4 Å². The molecule has 0 unspecified atom stereocenters. The van der Waals surface area contributed by atoms with E-state index in [4.69, 9.17) is 0 Å². The maximum atomic E-state index is 12.7. The lowest BCUT2D eigenvalue weighted by atomic mass is 9.95. The van der Waals surface area contributed by atoms with Crippen molar-refractivity contribution in [3.8, 4) is 10.6 Å². The summed E-state index contributed by atoms with van der Waals surface area (Å²) in [6.07, 6.45) is 3.17. The van der Waals surface area contributed by atoms with Crippen LogP contribution < -0.4 is 5.32 Å². The number of carbonyl (C=O) groups excluding carboxylic acids is 2. The molecule has 144 valence electrons. The number of fused-ring (bicyclic) bond motifs is 1. The first-order valence-corrected chi connectivity index (χ1v) is 10.2. The van der Waals surface area contributed by atoms with Crippen LogP contribution in [-0.4, -0.2) is 39.8 Å². The molecule has 1 aromatic carbocycles. The second kappa shape index (κ2) is 7.67.